The van der Waals surface area contributed by atoms with Crippen molar-refractivity contribution in [1.82, 2.24) is 4.98 Å². The number of aromatic nitrogens is 1. The van der Waals surface area contributed by atoms with Crippen LogP contribution in [0.3, 0.4) is 0 Å². The highest BCUT2D eigenvalue weighted by molar-refractivity contribution is 7.21. The van der Waals surface area contributed by atoms with Gasteiger partial charge in [-0.1, -0.05) is 79.7 Å². The first-order valence-electron chi connectivity index (χ1n) is 8.56. The summed E-state index contributed by atoms with van der Waals surface area (Å²) in [7, 11) is 0. The maximum absolute atomic E-state index is 4.85. The van der Waals surface area contributed by atoms with Gasteiger partial charge in [-0.25, -0.2) is 4.98 Å². The second kappa shape index (κ2) is 7.04. The van der Waals surface area contributed by atoms with Gasteiger partial charge in [-0.15, -0.1) is 11.3 Å². The highest BCUT2D eigenvalue weighted by Gasteiger charge is 2.11. The van der Waals surface area contributed by atoms with Crippen molar-refractivity contribution in [2.45, 2.75) is 13.3 Å². The highest BCUT2D eigenvalue weighted by Crippen LogP contribution is 2.34. The molecule has 0 bridgehead atoms. The van der Waals surface area contributed by atoms with Gasteiger partial charge in [-0.2, -0.15) is 0 Å². The van der Waals surface area contributed by atoms with E-state index in [-0.39, 0.29) is 0 Å². The highest BCUT2D eigenvalue weighted by atomic mass is 32.1. The molecule has 1 aromatic heterocycles. The van der Waals surface area contributed by atoms with Crippen LogP contribution in [-0.2, 0) is 6.42 Å². The Morgan fingerprint density at radius 3 is 2.44 bits per heavy atom. The molecule has 0 aliphatic carbocycles. The molecule has 4 rings (SSSR count). The molecule has 0 amide bonds. The second-order valence-electron chi connectivity index (χ2n) is 5.96. The molecule has 4 aromatic rings. The van der Waals surface area contributed by atoms with Crippen LogP contribution in [0.25, 0.3) is 32.9 Å². The summed E-state index contributed by atoms with van der Waals surface area (Å²) in [5, 5.41) is 1.10. The van der Waals surface area contributed by atoms with Gasteiger partial charge in [-0.3, -0.25) is 0 Å². The third-order valence-corrected chi connectivity index (χ3v) is 5.41. The predicted octanol–water partition coefficient (Wildman–Crippen LogP) is 6.70. The number of nitrogens with zero attached hydrogens (tertiary/aromatic N) is 1. The minimum absolute atomic E-state index is 0.987. The molecule has 0 N–H and O–H groups in total. The first-order valence-corrected chi connectivity index (χ1v) is 9.38. The predicted molar refractivity (Wildman–Crippen MR) is 110 cm³/mol. The summed E-state index contributed by atoms with van der Waals surface area (Å²) in [4.78, 5) is 4.85. The van der Waals surface area contributed by atoms with Gasteiger partial charge in [0.05, 0.1) is 10.2 Å². The van der Waals surface area contributed by atoms with Crippen LogP contribution in [0.2, 0.25) is 0 Å². The molecule has 0 atom stereocenters. The average molecular weight is 341 g/mol. The zero-order valence-electron chi connectivity index (χ0n) is 14.1. The molecule has 122 valence electrons. The quantitative estimate of drug-likeness (QED) is 0.376. The van der Waals surface area contributed by atoms with Gasteiger partial charge in [0.15, 0.2) is 0 Å². The Hall–Kier alpha value is -2.71. The summed E-state index contributed by atoms with van der Waals surface area (Å²) in [6.45, 7) is 2.21. The van der Waals surface area contributed by atoms with Gasteiger partial charge in [0, 0.05) is 5.56 Å². The SMILES string of the molecule is CCc1c(C=Cc2ccccc2)cccc1-c1nc2ccccc2s1. The summed E-state index contributed by atoms with van der Waals surface area (Å²) in [6, 6.07) is 25.3. The van der Waals surface area contributed by atoms with Crippen LogP contribution in [0.4, 0.5) is 0 Å². The molecule has 0 fully saturated rings. The van der Waals surface area contributed by atoms with E-state index in [1.165, 1.54) is 27.0 Å². The Labute approximate surface area is 152 Å². The van der Waals surface area contributed by atoms with Gasteiger partial charge in [0.25, 0.3) is 0 Å². The van der Waals surface area contributed by atoms with E-state index in [1.807, 2.05) is 12.1 Å². The lowest BCUT2D eigenvalue weighted by atomic mass is 9.98. The van der Waals surface area contributed by atoms with Crippen LogP contribution >= 0.6 is 11.3 Å². The molecule has 25 heavy (non-hydrogen) atoms. The molecular formula is C23H19NS. The summed E-state index contributed by atoms with van der Waals surface area (Å²) in [5.74, 6) is 0. The molecule has 2 heteroatoms. The molecule has 0 aliphatic heterocycles. The van der Waals surface area contributed by atoms with Crippen LogP contribution in [-0.4, -0.2) is 4.98 Å². The van der Waals surface area contributed by atoms with E-state index in [0.29, 0.717) is 0 Å². The Morgan fingerprint density at radius 2 is 1.64 bits per heavy atom. The summed E-state index contributed by atoms with van der Waals surface area (Å²) in [6.07, 6.45) is 5.38. The largest absolute Gasteiger partial charge is 0.236 e. The van der Waals surface area contributed by atoms with Gasteiger partial charge in [0.1, 0.15) is 5.01 Å². The fraction of sp³-hybridized carbons (Fsp3) is 0.0870. The molecular weight excluding hydrogens is 322 g/mol. The van der Waals surface area contributed by atoms with E-state index in [9.17, 15) is 0 Å². The Balaban J connectivity index is 1.77. The Morgan fingerprint density at radius 1 is 0.840 bits per heavy atom. The Kier molecular flexibility index (Phi) is 4.45. The number of fused-ring (bicyclic) bond motifs is 1. The van der Waals surface area contributed by atoms with Crippen LogP contribution in [0.1, 0.15) is 23.6 Å². The first-order chi connectivity index (χ1) is 12.3. The zero-order valence-corrected chi connectivity index (χ0v) is 15.0. The topological polar surface area (TPSA) is 12.9 Å². The fourth-order valence-electron chi connectivity index (χ4n) is 3.09. The number of benzene rings is 3. The molecule has 0 spiro atoms. The monoisotopic (exact) mass is 341 g/mol. The second-order valence-corrected chi connectivity index (χ2v) is 6.99. The molecule has 1 heterocycles. The van der Waals surface area contributed by atoms with Crippen molar-refractivity contribution >= 4 is 33.7 Å². The van der Waals surface area contributed by atoms with Crippen LogP contribution in [0, 0.1) is 0 Å². The third-order valence-electron chi connectivity index (χ3n) is 4.35. The lowest BCUT2D eigenvalue weighted by Crippen LogP contribution is -1.91. The van der Waals surface area contributed by atoms with Crippen LogP contribution in [0.15, 0.2) is 72.8 Å². The maximum Gasteiger partial charge on any atom is 0.124 e. The van der Waals surface area contributed by atoms with Gasteiger partial charge < -0.3 is 0 Å². The molecule has 0 radical (unpaired) electrons. The molecule has 0 saturated heterocycles. The number of hydrogen-bond acceptors (Lipinski definition) is 2. The molecule has 0 unspecified atom stereocenters. The maximum atomic E-state index is 4.85. The van der Waals surface area contributed by atoms with Crippen LogP contribution in [0.5, 0.6) is 0 Å². The average Bonchev–Trinajstić information content (AvgIpc) is 3.11. The van der Waals surface area contributed by atoms with E-state index < -0.39 is 0 Å². The van der Waals surface area contributed by atoms with Crippen molar-refractivity contribution in [2.75, 3.05) is 0 Å². The van der Waals surface area contributed by atoms with Crippen molar-refractivity contribution < 1.29 is 0 Å². The minimum atomic E-state index is 0.987. The number of rotatable bonds is 4. The molecule has 0 saturated carbocycles. The smallest absolute Gasteiger partial charge is 0.124 e. The number of thiazole rings is 1. The zero-order chi connectivity index (χ0) is 17.1. The molecule has 3 aromatic carbocycles. The normalized spacial score (nSPS) is 11.4. The van der Waals surface area contributed by atoms with Crippen molar-refractivity contribution in [3.8, 4) is 10.6 Å². The first kappa shape index (κ1) is 15.8. The molecule has 1 nitrogen and oxygen atoms in total. The van der Waals surface area contributed by atoms with Gasteiger partial charge in [-0.05, 0) is 35.2 Å². The Bertz CT molecular complexity index is 995. The van der Waals surface area contributed by atoms with E-state index in [1.54, 1.807) is 11.3 Å². The summed E-state index contributed by atoms with van der Waals surface area (Å²) < 4.78 is 1.24. The van der Waals surface area contributed by atoms with Crippen LogP contribution < -0.4 is 0 Å². The van der Waals surface area contributed by atoms with Gasteiger partial charge in [0.2, 0.25) is 0 Å². The summed E-state index contributed by atoms with van der Waals surface area (Å²) in [5.41, 5.74) is 6.17. The van der Waals surface area contributed by atoms with Gasteiger partial charge >= 0.3 is 0 Å². The number of hydrogen-bond donors (Lipinski definition) is 0. The standard InChI is InChI=1S/C23H19NS/c1-2-19-18(16-15-17-9-4-3-5-10-17)11-8-12-20(19)23-24-21-13-6-7-14-22(21)25-23/h3-16H,2H2,1H3. The van der Waals surface area contributed by atoms with E-state index >= 15 is 0 Å². The number of para-hydroxylation sites is 1. The van der Waals surface area contributed by atoms with Crippen molar-refractivity contribution in [3.63, 3.8) is 0 Å². The molecule has 0 aliphatic rings. The van der Waals surface area contributed by atoms with Crippen molar-refractivity contribution in [1.29, 1.82) is 0 Å². The van der Waals surface area contributed by atoms with E-state index in [0.717, 1.165) is 16.9 Å². The minimum Gasteiger partial charge on any atom is -0.236 e. The van der Waals surface area contributed by atoms with E-state index in [2.05, 4.69) is 79.7 Å². The lowest BCUT2D eigenvalue weighted by Gasteiger charge is -2.09. The third kappa shape index (κ3) is 3.26. The van der Waals surface area contributed by atoms with Crippen molar-refractivity contribution in [3.05, 3.63) is 89.5 Å². The lowest BCUT2D eigenvalue weighted by molar-refractivity contribution is 1.13. The summed E-state index contributed by atoms with van der Waals surface area (Å²) >= 11 is 1.77. The van der Waals surface area contributed by atoms with Crippen molar-refractivity contribution in [2.24, 2.45) is 0 Å². The fourth-order valence-corrected chi connectivity index (χ4v) is 4.11. The van der Waals surface area contributed by atoms with E-state index in [4.69, 9.17) is 4.98 Å².